The maximum Gasteiger partial charge on any atom is 0.164 e. The molecule has 1 aromatic rings. The molecule has 1 heterocycles. The van der Waals surface area contributed by atoms with Crippen molar-refractivity contribution in [2.45, 2.75) is 26.3 Å². The predicted molar refractivity (Wildman–Crippen MR) is 80.6 cm³/mol. The van der Waals surface area contributed by atoms with Gasteiger partial charge in [-0.3, -0.25) is 9.69 Å². The number of Topliss-reactive ketones (excluding diaryl/α,β-unsaturated/α-hetero) is 1. The molecule has 1 N–H and O–H groups in total. The van der Waals surface area contributed by atoms with Gasteiger partial charge < -0.3 is 10.1 Å². The molecule has 4 nitrogen and oxygen atoms in total. The Balaban J connectivity index is 1.98. The molecule has 1 unspecified atom stereocenters. The molecule has 1 aliphatic heterocycles. The molecule has 0 radical (unpaired) electrons. The molecule has 0 aliphatic carbocycles. The average Bonchev–Trinajstić information content (AvgIpc) is 2.48. The molecule has 0 spiro atoms. The minimum absolute atomic E-state index is 0.210. The standard InChI is InChI=1S/C16H24N2O2/c1-12-10-14(4-5-16(12)20-3)15(19)11-13(2)18-8-6-17-7-9-18/h4-5,10,13,17H,6-9,11H2,1-3H3. The summed E-state index contributed by atoms with van der Waals surface area (Å²) in [7, 11) is 1.65. The minimum Gasteiger partial charge on any atom is -0.496 e. The fourth-order valence-electron chi connectivity index (χ4n) is 2.69. The Hall–Kier alpha value is -1.39. The third-order valence-electron chi connectivity index (χ3n) is 3.97. The lowest BCUT2D eigenvalue weighted by Crippen LogP contribution is -2.48. The van der Waals surface area contributed by atoms with Crippen molar-refractivity contribution in [1.29, 1.82) is 0 Å². The fourth-order valence-corrected chi connectivity index (χ4v) is 2.69. The highest BCUT2D eigenvalue weighted by Gasteiger charge is 2.20. The van der Waals surface area contributed by atoms with E-state index >= 15 is 0 Å². The first-order valence-corrected chi connectivity index (χ1v) is 7.24. The van der Waals surface area contributed by atoms with E-state index in [1.807, 2.05) is 25.1 Å². The van der Waals surface area contributed by atoms with Crippen LogP contribution in [0.15, 0.2) is 18.2 Å². The van der Waals surface area contributed by atoms with E-state index in [1.165, 1.54) is 0 Å². The summed E-state index contributed by atoms with van der Waals surface area (Å²) < 4.78 is 5.23. The summed E-state index contributed by atoms with van der Waals surface area (Å²) in [5.74, 6) is 1.04. The van der Waals surface area contributed by atoms with Crippen molar-refractivity contribution in [2.75, 3.05) is 33.3 Å². The van der Waals surface area contributed by atoms with Crippen molar-refractivity contribution >= 4 is 5.78 Å². The number of rotatable bonds is 5. The van der Waals surface area contributed by atoms with Crippen LogP contribution in [-0.4, -0.2) is 50.0 Å². The van der Waals surface area contributed by atoms with Crippen LogP contribution in [0.1, 0.15) is 29.3 Å². The lowest BCUT2D eigenvalue weighted by Gasteiger charge is -2.32. The van der Waals surface area contributed by atoms with Crippen LogP contribution in [0.25, 0.3) is 0 Å². The Bertz CT molecular complexity index is 468. The Labute approximate surface area is 121 Å². The number of ketones is 1. The SMILES string of the molecule is COc1ccc(C(=O)CC(C)N2CCNCC2)cc1C. The van der Waals surface area contributed by atoms with Crippen molar-refractivity contribution in [1.82, 2.24) is 10.2 Å². The molecule has 1 aromatic carbocycles. The van der Waals surface area contributed by atoms with Gasteiger partial charge in [-0.15, -0.1) is 0 Å². The first kappa shape index (κ1) is 15.0. The zero-order chi connectivity index (χ0) is 14.5. The highest BCUT2D eigenvalue weighted by molar-refractivity contribution is 5.96. The van der Waals surface area contributed by atoms with Gasteiger partial charge in [0.1, 0.15) is 5.75 Å². The number of nitrogens with zero attached hydrogens (tertiary/aromatic N) is 1. The van der Waals surface area contributed by atoms with Gasteiger partial charge in [-0.1, -0.05) is 0 Å². The van der Waals surface area contributed by atoms with Crippen molar-refractivity contribution in [3.63, 3.8) is 0 Å². The molecule has 0 aromatic heterocycles. The molecule has 0 bridgehead atoms. The Morgan fingerprint density at radius 1 is 1.40 bits per heavy atom. The van der Waals surface area contributed by atoms with Crippen LogP contribution >= 0.6 is 0 Å². The summed E-state index contributed by atoms with van der Waals surface area (Å²) >= 11 is 0. The summed E-state index contributed by atoms with van der Waals surface area (Å²) in [4.78, 5) is 14.7. The van der Waals surface area contributed by atoms with Gasteiger partial charge in [-0.25, -0.2) is 0 Å². The zero-order valence-corrected chi connectivity index (χ0v) is 12.6. The van der Waals surface area contributed by atoms with Crippen LogP contribution in [0.2, 0.25) is 0 Å². The average molecular weight is 276 g/mol. The van der Waals surface area contributed by atoms with Crippen molar-refractivity contribution in [3.8, 4) is 5.75 Å². The van der Waals surface area contributed by atoms with E-state index in [0.29, 0.717) is 12.5 Å². The summed E-state index contributed by atoms with van der Waals surface area (Å²) in [6.07, 6.45) is 0.575. The van der Waals surface area contributed by atoms with Gasteiger partial charge in [-0.2, -0.15) is 0 Å². The monoisotopic (exact) mass is 276 g/mol. The molecular formula is C16H24N2O2. The maximum absolute atomic E-state index is 12.4. The van der Waals surface area contributed by atoms with Gasteiger partial charge in [0.2, 0.25) is 0 Å². The molecule has 4 heteroatoms. The van der Waals surface area contributed by atoms with E-state index in [4.69, 9.17) is 4.74 Å². The number of methoxy groups -OCH3 is 1. The number of carbonyl (C=O) groups excluding carboxylic acids is 1. The first-order chi connectivity index (χ1) is 9.61. The largest absolute Gasteiger partial charge is 0.496 e. The lowest BCUT2D eigenvalue weighted by molar-refractivity contribution is 0.0917. The number of hydrogen-bond donors (Lipinski definition) is 1. The molecule has 1 saturated heterocycles. The summed E-state index contributed by atoms with van der Waals surface area (Å²) in [5.41, 5.74) is 1.79. The van der Waals surface area contributed by atoms with E-state index in [9.17, 15) is 4.79 Å². The zero-order valence-electron chi connectivity index (χ0n) is 12.6. The van der Waals surface area contributed by atoms with E-state index < -0.39 is 0 Å². The minimum atomic E-state index is 0.210. The quantitative estimate of drug-likeness (QED) is 0.834. The van der Waals surface area contributed by atoms with Crippen LogP contribution < -0.4 is 10.1 Å². The van der Waals surface area contributed by atoms with Gasteiger partial charge in [0.25, 0.3) is 0 Å². The smallest absolute Gasteiger partial charge is 0.164 e. The number of ether oxygens (including phenoxy) is 1. The molecule has 110 valence electrons. The van der Waals surface area contributed by atoms with Gasteiger partial charge in [-0.05, 0) is 37.6 Å². The Morgan fingerprint density at radius 2 is 2.10 bits per heavy atom. The molecule has 1 fully saturated rings. The van der Waals surface area contributed by atoms with Crippen LogP contribution in [-0.2, 0) is 0 Å². The number of benzene rings is 1. The maximum atomic E-state index is 12.4. The molecule has 1 aliphatic rings. The number of hydrogen-bond acceptors (Lipinski definition) is 4. The highest BCUT2D eigenvalue weighted by atomic mass is 16.5. The highest BCUT2D eigenvalue weighted by Crippen LogP contribution is 2.20. The molecule has 20 heavy (non-hydrogen) atoms. The third-order valence-corrected chi connectivity index (χ3v) is 3.97. The van der Waals surface area contributed by atoms with E-state index in [1.54, 1.807) is 7.11 Å². The van der Waals surface area contributed by atoms with Gasteiger partial charge in [0.05, 0.1) is 7.11 Å². The van der Waals surface area contributed by atoms with Gasteiger partial charge in [0.15, 0.2) is 5.78 Å². The van der Waals surface area contributed by atoms with Gasteiger partial charge in [0, 0.05) is 44.2 Å². The number of aryl methyl sites for hydroxylation is 1. The predicted octanol–water partition coefficient (Wildman–Crippen LogP) is 1.87. The normalized spacial score (nSPS) is 17.8. The molecule has 0 amide bonds. The number of nitrogens with one attached hydrogen (secondary N) is 1. The van der Waals surface area contributed by atoms with Crippen molar-refractivity contribution < 1.29 is 9.53 Å². The summed E-state index contributed by atoms with van der Waals surface area (Å²) in [6.45, 7) is 8.18. The van der Waals surface area contributed by atoms with E-state index in [2.05, 4.69) is 17.1 Å². The van der Waals surface area contributed by atoms with E-state index in [-0.39, 0.29) is 5.78 Å². The molecule has 2 rings (SSSR count). The van der Waals surface area contributed by atoms with Crippen molar-refractivity contribution in [3.05, 3.63) is 29.3 Å². The second kappa shape index (κ2) is 6.86. The Morgan fingerprint density at radius 3 is 2.70 bits per heavy atom. The van der Waals surface area contributed by atoms with Gasteiger partial charge >= 0.3 is 0 Å². The summed E-state index contributed by atoms with van der Waals surface area (Å²) in [6, 6.07) is 5.95. The second-order valence-corrected chi connectivity index (χ2v) is 5.45. The van der Waals surface area contributed by atoms with Crippen LogP contribution in [0.5, 0.6) is 5.75 Å². The van der Waals surface area contributed by atoms with E-state index in [0.717, 1.165) is 43.1 Å². The van der Waals surface area contributed by atoms with Crippen molar-refractivity contribution in [2.24, 2.45) is 0 Å². The first-order valence-electron chi connectivity index (χ1n) is 7.24. The van der Waals surface area contributed by atoms with Crippen LogP contribution in [0, 0.1) is 6.92 Å². The fraction of sp³-hybridized carbons (Fsp3) is 0.562. The number of piperazine rings is 1. The molecule has 1 atom stereocenters. The topological polar surface area (TPSA) is 41.6 Å². The van der Waals surface area contributed by atoms with Crippen LogP contribution in [0.3, 0.4) is 0 Å². The molecule has 0 saturated carbocycles. The summed E-state index contributed by atoms with van der Waals surface area (Å²) in [5, 5.41) is 3.33. The Kier molecular flexibility index (Phi) is 5.15. The van der Waals surface area contributed by atoms with Crippen LogP contribution in [0.4, 0.5) is 0 Å². The molecular weight excluding hydrogens is 252 g/mol. The second-order valence-electron chi connectivity index (χ2n) is 5.45. The third kappa shape index (κ3) is 3.58. The number of carbonyl (C=O) groups is 1. The lowest BCUT2D eigenvalue weighted by atomic mass is 10.0.